The van der Waals surface area contributed by atoms with Gasteiger partial charge >= 0.3 is 0 Å². The number of nitrogens with one attached hydrogen (secondary N) is 1. The van der Waals surface area contributed by atoms with Gasteiger partial charge in [0, 0.05) is 45.9 Å². The average Bonchev–Trinajstić information content (AvgIpc) is 2.85. The van der Waals surface area contributed by atoms with Crippen LogP contribution in [0.3, 0.4) is 0 Å². The topological polar surface area (TPSA) is 91.3 Å². The second kappa shape index (κ2) is 10.4. The van der Waals surface area contributed by atoms with Crippen molar-refractivity contribution >= 4 is 23.4 Å². The first kappa shape index (κ1) is 24.0. The van der Waals surface area contributed by atoms with E-state index in [0.717, 1.165) is 32.1 Å². The molecular formula is C26H34N4O4. The molecule has 8 heteroatoms. The molecule has 3 amide bonds. The molecule has 0 radical (unpaired) electrons. The molecule has 182 valence electrons. The van der Waals surface area contributed by atoms with Crippen LogP contribution in [0.1, 0.15) is 62.2 Å². The Hall–Kier alpha value is -3.16. The monoisotopic (exact) mass is 466 g/mol. The minimum absolute atomic E-state index is 0.0655. The zero-order valence-corrected chi connectivity index (χ0v) is 20.1. The van der Waals surface area contributed by atoms with Crippen molar-refractivity contribution in [3.63, 3.8) is 0 Å². The zero-order valence-electron chi connectivity index (χ0n) is 20.1. The van der Waals surface area contributed by atoms with Gasteiger partial charge in [-0.1, -0.05) is 23.8 Å². The predicted octanol–water partition coefficient (Wildman–Crippen LogP) is 3.14. The van der Waals surface area contributed by atoms with Crippen LogP contribution in [-0.4, -0.2) is 66.6 Å². The van der Waals surface area contributed by atoms with Crippen LogP contribution in [0.5, 0.6) is 5.75 Å². The molecule has 1 spiro atoms. The maximum absolute atomic E-state index is 13.0. The van der Waals surface area contributed by atoms with Crippen molar-refractivity contribution in [3.8, 4) is 5.75 Å². The molecule has 1 fully saturated rings. The number of carbonyl (C=O) groups excluding carboxylic acids is 3. The molecule has 3 aliphatic heterocycles. The first-order chi connectivity index (χ1) is 16.4. The molecule has 0 aromatic heterocycles. The lowest BCUT2D eigenvalue weighted by molar-refractivity contribution is -0.131. The van der Waals surface area contributed by atoms with E-state index in [4.69, 9.17) is 4.74 Å². The van der Waals surface area contributed by atoms with Crippen LogP contribution in [-0.2, 0) is 9.59 Å². The molecule has 0 unspecified atom stereocenters. The van der Waals surface area contributed by atoms with Crippen molar-refractivity contribution in [1.82, 2.24) is 15.2 Å². The van der Waals surface area contributed by atoms with Gasteiger partial charge < -0.3 is 15.0 Å². The summed E-state index contributed by atoms with van der Waals surface area (Å²) in [6, 6.07) is 7.37. The molecule has 34 heavy (non-hydrogen) atoms. The number of likely N-dealkylation sites (tertiary alicyclic amines) is 1. The summed E-state index contributed by atoms with van der Waals surface area (Å²) in [5, 5.41) is 8.62. The van der Waals surface area contributed by atoms with E-state index in [-0.39, 0.29) is 23.1 Å². The fraction of sp³-hybridized carbons (Fsp3) is 0.538. The Bertz CT molecular complexity index is 1010. The van der Waals surface area contributed by atoms with E-state index < -0.39 is 0 Å². The van der Waals surface area contributed by atoms with Crippen LogP contribution < -0.4 is 10.1 Å². The number of hydrazone groups is 1. The summed E-state index contributed by atoms with van der Waals surface area (Å²) in [6.45, 7) is 4.47. The van der Waals surface area contributed by atoms with Crippen molar-refractivity contribution in [2.45, 2.75) is 51.9 Å². The molecule has 1 N–H and O–H groups in total. The van der Waals surface area contributed by atoms with Gasteiger partial charge in [0.25, 0.3) is 11.8 Å². The Morgan fingerprint density at radius 2 is 1.85 bits per heavy atom. The molecular weight excluding hydrogens is 432 g/mol. The Morgan fingerprint density at radius 1 is 1.09 bits per heavy atom. The molecule has 1 aromatic rings. The first-order valence-electron chi connectivity index (χ1n) is 12.2. The molecule has 0 aliphatic carbocycles. The van der Waals surface area contributed by atoms with E-state index >= 15 is 0 Å². The molecule has 1 saturated heterocycles. The predicted molar refractivity (Wildman–Crippen MR) is 130 cm³/mol. The number of rotatable bonds is 1. The number of amides is 3. The van der Waals surface area contributed by atoms with E-state index in [0.29, 0.717) is 56.1 Å². The van der Waals surface area contributed by atoms with Gasteiger partial charge in [-0.05, 0) is 50.2 Å². The maximum atomic E-state index is 13.0. The lowest BCUT2D eigenvalue weighted by Gasteiger charge is -2.42. The number of para-hydroxylation sites is 1. The number of carbonyl (C=O) groups is 3. The largest absolute Gasteiger partial charge is 0.492 e. The highest BCUT2D eigenvalue weighted by molar-refractivity contribution is 6.39. The quantitative estimate of drug-likeness (QED) is 0.644. The normalized spacial score (nSPS) is 23.2. The highest BCUT2D eigenvalue weighted by Crippen LogP contribution is 2.37. The number of piperidine rings is 1. The highest BCUT2D eigenvalue weighted by Gasteiger charge is 2.37. The second-order valence-electron chi connectivity index (χ2n) is 9.62. The smallest absolute Gasteiger partial charge is 0.270 e. The van der Waals surface area contributed by atoms with Gasteiger partial charge in [-0.2, -0.15) is 5.10 Å². The minimum Gasteiger partial charge on any atom is -0.492 e. The lowest BCUT2D eigenvalue weighted by Crippen LogP contribution is -2.50. The van der Waals surface area contributed by atoms with Gasteiger partial charge in [-0.3, -0.25) is 14.4 Å². The van der Waals surface area contributed by atoms with Gasteiger partial charge in [0.2, 0.25) is 5.91 Å². The summed E-state index contributed by atoms with van der Waals surface area (Å²) in [5.74, 6) is 0.342. The molecule has 0 atom stereocenters. The molecule has 0 bridgehead atoms. The number of allylic oxidation sites excluding steroid dienone is 1. The summed E-state index contributed by atoms with van der Waals surface area (Å²) in [4.78, 5) is 39.6. The molecule has 4 rings (SSSR count). The number of ether oxygens (including phenoxy) is 1. The summed E-state index contributed by atoms with van der Waals surface area (Å²) in [5.41, 5.74) is 2.22. The van der Waals surface area contributed by atoms with Crippen molar-refractivity contribution < 1.29 is 19.1 Å². The minimum atomic E-state index is -0.123. The fourth-order valence-electron chi connectivity index (χ4n) is 4.90. The number of hydrogen-bond donors (Lipinski definition) is 1. The maximum Gasteiger partial charge on any atom is 0.270 e. The standard InChI is InChI=1S/C26H34N4O4/c1-19-6-5-12-26(18-27-24(32)20-7-3-4-8-22(20)34-17-11-19)13-15-30(16-14-26)25(33)21-9-10-23(31)29(2)28-21/h3-4,6-8H,5,9-18H2,1-2H3,(H,27,32)/b19-6+. The van der Waals surface area contributed by atoms with Crippen molar-refractivity contribution in [1.29, 1.82) is 0 Å². The van der Waals surface area contributed by atoms with Gasteiger partial charge in [0.15, 0.2) is 0 Å². The number of fused-ring (bicyclic) bond motifs is 1. The Balaban J connectivity index is 1.47. The van der Waals surface area contributed by atoms with Gasteiger partial charge in [0.1, 0.15) is 11.5 Å². The summed E-state index contributed by atoms with van der Waals surface area (Å²) in [6.07, 6.45) is 7.32. The third-order valence-electron chi connectivity index (χ3n) is 7.24. The summed E-state index contributed by atoms with van der Waals surface area (Å²) >= 11 is 0. The Labute approximate surface area is 201 Å². The SMILES string of the molecule is C/C1=C\CCC2(CCN(C(=O)C3=NN(C)C(=O)CC3)CC2)CNC(=O)c2ccccc2OCC1. The molecule has 8 nitrogen and oxygen atoms in total. The molecule has 3 heterocycles. The highest BCUT2D eigenvalue weighted by atomic mass is 16.5. The van der Waals surface area contributed by atoms with E-state index in [9.17, 15) is 14.4 Å². The van der Waals surface area contributed by atoms with Crippen LogP contribution in [0.25, 0.3) is 0 Å². The van der Waals surface area contributed by atoms with Crippen LogP contribution in [0, 0.1) is 5.41 Å². The molecule has 3 aliphatic rings. The van der Waals surface area contributed by atoms with E-state index in [1.165, 1.54) is 10.6 Å². The summed E-state index contributed by atoms with van der Waals surface area (Å²) < 4.78 is 5.91. The number of hydrogen-bond acceptors (Lipinski definition) is 5. The molecule has 1 aromatic carbocycles. The number of benzene rings is 1. The van der Waals surface area contributed by atoms with E-state index in [1.54, 1.807) is 13.1 Å². The number of nitrogens with zero attached hydrogens (tertiary/aromatic N) is 3. The van der Waals surface area contributed by atoms with Gasteiger partial charge in [0.05, 0.1) is 12.2 Å². The van der Waals surface area contributed by atoms with Crippen molar-refractivity contribution in [3.05, 3.63) is 41.5 Å². The van der Waals surface area contributed by atoms with Crippen molar-refractivity contribution in [2.24, 2.45) is 10.5 Å². The van der Waals surface area contributed by atoms with Crippen molar-refractivity contribution in [2.75, 3.05) is 33.3 Å². The van der Waals surface area contributed by atoms with Crippen LogP contribution in [0.4, 0.5) is 0 Å². The second-order valence-corrected chi connectivity index (χ2v) is 9.62. The third kappa shape index (κ3) is 5.48. The average molecular weight is 467 g/mol. The lowest BCUT2D eigenvalue weighted by atomic mass is 9.74. The third-order valence-corrected chi connectivity index (χ3v) is 7.24. The zero-order chi connectivity index (χ0) is 24.1. The van der Waals surface area contributed by atoms with E-state index in [2.05, 4.69) is 23.4 Å². The van der Waals surface area contributed by atoms with Crippen LogP contribution in [0.2, 0.25) is 0 Å². The Kier molecular flexibility index (Phi) is 7.34. The first-order valence-corrected chi connectivity index (χ1v) is 12.2. The summed E-state index contributed by atoms with van der Waals surface area (Å²) in [7, 11) is 1.59. The van der Waals surface area contributed by atoms with Crippen LogP contribution >= 0.6 is 0 Å². The van der Waals surface area contributed by atoms with E-state index in [1.807, 2.05) is 23.1 Å². The fourth-order valence-corrected chi connectivity index (χ4v) is 4.90. The van der Waals surface area contributed by atoms with Gasteiger partial charge in [-0.15, -0.1) is 0 Å². The van der Waals surface area contributed by atoms with Gasteiger partial charge in [-0.25, -0.2) is 5.01 Å². The Morgan fingerprint density at radius 3 is 2.62 bits per heavy atom. The molecule has 0 saturated carbocycles. The van der Waals surface area contributed by atoms with Crippen LogP contribution in [0.15, 0.2) is 41.0 Å².